The summed E-state index contributed by atoms with van der Waals surface area (Å²) in [5.74, 6) is -0.487. The highest BCUT2D eigenvalue weighted by atomic mass is 32.2. The van der Waals surface area contributed by atoms with Crippen LogP contribution < -0.4 is 9.62 Å². The van der Waals surface area contributed by atoms with E-state index in [0.29, 0.717) is 5.69 Å². The van der Waals surface area contributed by atoms with E-state index < -0.39 is 28.5 Å². The lowest BCUT2D eigenvalue weighted by atomic mass is 10.0. The Morgan fingerprint density at radius 3 is 2.05 bits per heavy atom. The number of benzene rings is 3. The monoisotopic (exact) mass is 577 g/mol. The summed E-state index contributed by atoms with van der Waals surface area (Å²) in [5.41, 5.74) is 4.26. The van der Waals surface area contributed by atoms with Crippen LogP contribution in [0.5, 0.6) is 0 Å². The molecule has 0 saturated carbocycles. The summed E-state index contributed by atoms with van der Waals surface area (Å²) in [5, 5.41) is 2.96. The summed E-state index contributed by atoms with van der Waals surface area (Å²) >= 11 is 0. The second kappa shape index (κ2) is 13.8. The van der Waals surface area contributed by atoms with Crippen molar-refractivity contribution in [3.05, 3.63) is 95.1 Å². The standard InChI is InChI=1S/C33H43N3O4S/c1-8-26(6)34-33(38)27(7)35(21-28-11-9-10-25(5)20-28)32(37)22-36(30-16-14-29(15-17-30)23(2)3)41(39,40)31-18-12-24(4)13-19-31/h9-20,23,26-27H,8,21-22H2,1-7H3,(H,34,38)/t26-,27+/m1/s1. The van der Waals surface area contributed by atoms with Crippen LogP contribution in [0.25, 0.3) is 0 Å². The van der Waals surface area contributed by atoms with Crippen LogP contribution in [0.4, 0.5) is 5.69 Å². The number of carbonyl (C=O) groups is 2. The van der Waals surface area contributed by atoms with Gasteiger partial charge in [0, 0.05) is 12.6 Å². The topological polar surface area (TPSA) is 86.8 Å². The van der Waals surface area contributed by atoms with Crippen molar-refractivity contribution < 1.29 is 18.0 Å². The summed E-state index contributed by atoms with van der Waals surface area (Å²) < 4.78 is 29.1. The molecule has 3 aromatic carbocycles. The predicted molar refractivity (Wildman–Crippen MR) is 165 cm³/mol. The van der Waals surface area contributed by atoms with Gasteiger partial charge in [-0.3, -0.25) is 13.9 Å². The van der Waals surface area contributed by atoms with Gasteiger partial charge in [0.05, 0.1) is 10.6 Å². The van der Waals surface area contributed by atoms with Gasteiger partial charge in [-0.2, -0.15) is 0 Å². The molecule has 1 N–H and O–H groups in total. The second-order valence-corrected chi connectivity index (χ2v) is 12.9. The minimum atomic E-state index is -4.10. The maximum Gasteiger partial charge on any atom is 0.264 e. The Kier molecular flexibility index (Phi) is 10.7. The normalized spacial score (nSPS) is 13.0. The van der Waals surface area contributed by atoms with Crippen molar-refractivity contribution in [3.63, 3.8) is 0 Å². The molecule has 0 heterocycles. The third kappa shape index (κ3) is 8.19. The van der Waals surface area contributed by atoms with Gasteiger partial charge >= 0.3 is 0 Å². The molecular weight excluding hydrogens is 534 g/mol. The summed E-state index contributed by atoms with van der Waals surface area (Å²) in [6.07, 6.45) is 0.749. The average molecular weight is 578 g/mol. The summed E-state index contributed by atoms with van der Waals surface area (Å²) in [6.45, 7) is 13.3. The molecule has 3 rings (SSSR count). The van der Waals surface area contributed by atoms with E-state index >= 15 is 0 Å². The zero-order chi connectivity index (χ0) is 30.3. The van der Waals surface area contributed by atoms with Crippen molar-refractivity contribution in [2.75, 3.05) is 10.8 Å². The highest BCUT2D eigenvalue weighted by Crippen LogP contribution is 2.27. The third-order valence-corrected chi connectivity index (χ3v) is 9.13. The molecule has 2 amide bonds. The fraction of sp³-hybridized carbons (Fsp3) is 0.394. The number of carbonyl (C=O) groups excluding carboxylic acids is 2. The largest absolute Gasteiger partial charge is 0.352 e. The van der Waals surface area contributed by atoms with Gasteiger partial charge in [-0.1, -0.05) is 80.4 Å². The highest BCUT2D eigenvalue weighted by molar-refractivity contribution is 7.92. The maximum atomic E-state index is 14.1. The molecule has 3 aromatic rings. The van der Waals surface area contributed by atoms with Crippen molar-refractivity contribution >= 4 is 27.5 Å². The molecule has 220 valence electrons. The molecule has 41 heavy (non-hydrogen) atoms. The summed E-state index contributed by atoms with van der Waals surface area (Å²) in [7, 11) is -4.10. The number of sulfonamides is 1. The number of anilines is 1. The molecule has 0 fully saturated rings. The number of hydrogen-bond donors (Lipinski definition) is 1. The lowest BCUT2D eigenvalue weighted by molar-refractivity contribution is -0.139. The molecule has 0 aliphatic rings. The SMILES string of the molecule is CC[C@@H](C)NC(=O)[C@H](C)N(Cc1cccc(C)c1)C(=O)CN(c1ccc(C(C)C)cc1)S(=O)(=O)c1ccc(C)cc1. The predicted octanol–water partition coefficient (Wildman–Crippen LogP) is 5.95. The number of nitrogens with one attached hydrogen (secondary N) is 1. The molecule has 0 aliphatic heterocycles. The van der Waals surface area contributed by atoms with Crippen molar-refractivity contribution in [2.45, 2.75) is 84.3 Å². The maximum absolute atomic E-state index is 14.1. The molecule has 0 unspecified atom stereocenters. The van der Waals surface area contributed by atoms with E-state index in [1.54, 1.807) is 43.3 Å². The first-order chi connectivity index (χ1) is 19.3. The molecule has 0 radical (unpaired) electrons. The van der Waals surface area contributed by atoms with Gasteiger partial charge < -0.3 is 10.2 Å². The minimum Gasteiger partial charge on any atom is -0.352 e. The second-order valence-electron chi connectivity index (χ2n) is 11.1. The van der Waals surface area contributed by atoms with Crippen LogP contribution in [0.2, 0.25) is 0 Å². The van der Waals surface area contributed by atoms with E-state index in [1.807, 2.05) is 64.1 Å². The van der Waals surface area contributed by atoms with E-state index in [0.717, 1.165) is 33.0 Å². The molecule has 2 atom stereocenters. The van der Waals surface area contributed by atoms with Crippen LogP contribution in [0.1, 0.15) is 69.2 Å². The Morgan fingerprint density at radius 1 is 0.854 bits per heavy atom. The van der Waals surface area contributed by atoms with Crippen molar-refractivity contribution in [3.8, 4) is 0 Å². The summed E-state index contributed by atoms with van der Waals surface area (Å²) in [6, 6.07) is 20.7. The smallest absolute Gasteiger partial charge is 0.264 e. The fourth-order valence-electron chi connectivity index (χ4n) is 4.45. The summed E-state index contributed by atoms with van der Waals surface area (Å²) in [4.78, 5) is 28.8. The van der Waals surface area contributed by atoms with Crippen LogP contribution in [0, 0.1) is 13.8 Å². The van der Waals surface area contributed by atoms with Crippen LogP contribution >= 0.6 is 0 Å². The minimum absolute atomic E-state index is 0.0567. The van der Waals surface area contributed by atoms with Gasteiger partial charge in [0.1, 0.15) is 12.6 Å². The molecule has 8 heteroatoms. The van der Waals surface area contributed by atoms with Gasteiger partial charge in [0.15, 0.2) is 0 Å². The van der Waals surface area contributed by atoms with Gasteiger partial charge in [-0.15, -0.1) is 0 Å². The highest BCUT2D eigenvalue weighted by Gasteiger charge is 2.32. The molecule has 0 bridgehead atoms. The first-order valence-corrected chi connectivity index (χ1v) is 15.6. The molecule has 0 spiro atoms. The van der Waals surface area contributed by atoms with Crippen molar-refractivity contribution in [1.29, 1.82) is 0 Å². The van der Waals surface area contributed by atoms with Gasteiger partial charge in [0.2, 0.25) is 11.8 Å². The fourth-order valence-corrected chi connectivity index (χ4v) is 5.86. The Hall–Kier alpha value is -3.65. The molecule has 0 aliphatic carbocycles. The van der Waals surface area contributed by atoms with Crippen molar-refractivity contribution in [1.82, 2.24) is 10.2 Å². The average Bonchev–Trinajstić information content (AvgIpc) is 2.94. The van der Waals surface area contributed by atoms with Crippen LogP contribution in [-0.2, 0) is 26.2 Å². The number of amides is 2. The first kappa shape index (κ1) is 31.9. The lowest BCUT2D eigenvalue weighted by Gasteiger charge is -2.32. The Balaban J connectivity index is 2.04. The van der Waals surface area contributed by atoms with E-state index in [-0.39, 0.29) is 29.3 Å². The number of nitrogens with zero attached hydrogens (tertiary/aromatic N) is 2. The zero-order valence-electron chi connectivity index (χ0n) is 25.2. The first-order valence-electron chi connectivity index (χ1n) is 14.2. The lowest BCUT2D eigenvalue weighted by Crippen LogP contribution is -2.52. The molecule has 0 saturated heterocycles. The molecule has 7 nitrogen and oxygen atoms in total. The number of hydrogen-bond acceptors (Lipinski definition) is 4. The Morgan fingerprint density at radius 2 is 1.49 bits per heavy atom. The van der Waals surface area contributed by atoms with Crippen LogP contribution in [0.15, 0.2) is 77.7 Å². The van der Waals surface area contributed by atoms with E-state index in [2.05, 4.69) is 19.2 Å². The Bertz CT molecular complexity index is 1430. The Labute approximate surface area is 245 Å². The zero-order valence-corrected chi connectivity index (χ0v) is 26.0. The van der Waals surface area contributed by atoms with E-state index in [9.17, 15) is 18.0 Å². The van der Waals surface area contributed by atoms with Crippen LogP contribution in [-0.4, -0.2) is 43.8 Å². The van der Waals surface area contributed by atoms with E-state index in [4.69, 9.17) is 0 Å². The van der Waals surface area contributed by atoms with Crippen molar-refractivity contribution in [2.24, 2.45) is 0 Å². The van der Waals surface area contributed by atoms with Crippen LogP contribution in [0.3, 0.4) is 0 Å². The number of rotatable bonds is 12. The van der Waals surface area contributed by atoms with E-state index in [1.165, 1.54) is 4.90 Å². The third-order valence-electron chi connectivity index (χ3n) is 7.34. The molecular formula is C33H43N3O4S. The van der Waals surface area contributed by atoms with Gasteiger partial charge in [-0.25, -0.2) is 8.42 Å². The quantitative estimate of drug-likeness (QED) is 0.288. The molecule has 0 aromatic heterocycles. The van der Waals surface area contributed by atoms with Gasteiger partial charge in [-0.05, 0) is 75.4 Å². The number of aryl methyl sites for hydroxylation is 2. The van der Waals surface area contributed by atoms with Gasteiger partial charge in [0.25, 0.3) is 10.0 Å².